The molecule has 1 aromatic rings. The van der Waals surface area contributed by atoms with Crippen LogP contribution in [0.4, 0.5) is 5.82 Å². The highest BCUT2D eigenvalue weighted by Crippen LogP contribution is 2.21. The Morgan fingerprint density at radius 1 is 1.41 bits per heavy atom. The van der Waals surface area contributed by atoms with Crippen LogP contribution in [0.5, 0.6) is 0 Å². The number of hydrogen-bond donors (Lipinski definition) is 1. The number of carbonyl (C=O) groups is 2. The maximum atomic E-state index is 12.4. The number of aromatic nitrogens is 1. The van der Waals surface area contributed by atoms with Crippen molar-refractivity contribution in [1.82, 2.24) is 9.88 Å². The second kappa shape index (κ2) is 7.24. The molecule has 1 atom stereocenters. The van der Waals surface area contributed by atoms with Crippen LogP contribution in [-0.4, -0.2) is 52.5 Å². The summed E-state index contributed by atoms with van der Waals surface area (Å²) in [6, 6.07) is 2.86. The van der Waals surface area contributed by atoms with Gasteiger partial charge in [-0.05, 0) is 38.3 Å². The van der Waals surface area contributed by atoms with E-state index < -0.39 is 12.0 Å². The highest BCUT2D eigenvalue weighted by molar-refractivity contribution is 5.96. The van der Waals surface area contributed by atoms with Crippen molar-refractivity contribution in [2.45, 2.75) is 39.2 Å². The van der Waals surface area contributed by atoms with Gasteiger partial charge >= 0.3 is 5.97 Å². The van der Waals surface area contributed by atoms with Crippen molar-refractivity contribution in [1.29, 1.82) is 0 Å². The Labute approximate surface area is 130 Å². The Hall–Kier alpha value is -2.11. The Morgan fingerprint density at radius 3 is 2.73 bits per heavy atom. The number of nitrogens with zero attached hydrogens (tertiary/aromatic N) is 3. The third-order valence-electron chi connectivity index (χ3n) is 3.99. The molecule has 1 fully saturated rings. The van der Waals surface area contributed by atoms with E-state index in [0.717, 1.165) is 31.7 Å². The lowest BCUT2D eigenvalue weighted by Crippen LogP contribution is -2.40. The third-order valence-corrected chi connectivity index (χ3v) is 3.99. The second-order valence-electron chi connectivity index (χ2n) is 5.48. The minimum Gasteiger partial charge on any atom is -0.480 e. The molecule has 120 valence electrons. The Morgan fingerprint density at radius 2 is 2.18 bits per heavy atom. The number of carbonyl (C=O) groups excluding carboxylic acids is 1. The minimum atomic E-state index is -0.935. The average molecular weight is 305 g/mol. The molecule has 0 bridgehead atoms. The van der Waals surface area contributed by atoms with Crippen LogP contribution in [0.15, 0.2) is 18.3 Å². The molecule has 1 N–H and O–H groups in total. The van der Waals surface area contributed by atoms with Gasteiger partial charge in [-0.1, -0.05) is 6.92 Å². The fraction of sp³-hybridized carbons (Fsp3) is 0.562. The van der Waals surface area contributed by atoms with Crippen LogP contribution in [0.25, 0.3) is 0 Å². The van der Waals surface area contributed by atoms with E-state index in [4.69, 9.17) is 0 Å². The summed E-state index contributed by atoms with van der Waals surface area (Å²) < 4.78 is 0. The first-order valence-electron chi connectivity index (χ1n) is 7.83. The molecule has 6 nitrogen and oxygen atoms in total. The summed E-state index contributed by atoms with van der Waals surface area (Å²) in [4.78, 5) is 31.6. The van der Waals surface area contributed by atoms with Crippen LogP contribution in [0.1, 0.15) is 43.5 Å². The number of hydrogen-bond acceptors (Lipinski definition) is 4. The van der Waals surface area contributed by atoms with Gasteiger partial charge in [0.05, 0.1) is 5.56 Å². The van der Waals surface area contributed by atoms with Crippen LogP contribution in [0.2, 0.25) is 0 Å². The lowest BCUT2D eigenvalue weighted by atomic mass is 10.2. The molecule has 1 saturated heterocycles. The molecule has 1 aliphatic heterocycles. The summed E-state index contributed by atoms with van der Waals surface area (Å²) in [7, 11) is 0. The fourth-order valence-corrected chi connectivity index (χ4v) is 2.84. The normalized spacial score (nSPS) is 17.5. The lowest BCUT2D eigenvalue weighted by molar-refractivity contribution is -0.141. The fourth-order valence-electron chi connectivity index (χ4n) is 2.84. The molecular weight excluding hydrogens is 282 g/mol. The number of carboxylic acid groups (broad SMARTS) is 1. The standard InChI is InChI=1S/C16H23N3O3/c1-3-9-18(4-2)14-8-7-12(11-17-14)15(20)19-10-5-6-13(19)16(21)22/h7-8,11,13H,3-6,9-10H2,1-2H3,(H,21,22). The molecule has 1 aliphatic rings. The van der Waals surface area contributed by atoms with Gasteiger partial charge in [-0.25, -0.2) is 9.78 Å². The summed E-state index contributed by atoms with van der Waals surface area (Å²) >= 11 is 0. The van der Waals surface area contributed by atoms with Crippen molar-refractivity contribution in [3.8, 4) is 0 Å². The van der Waals surface area contributed by atoms with Crippen molar-refractivity contribution in [2.75, 3.05) is 24.5 Å². The topological polar surface area (TPSA) is 73.7 Å². The van der Waals surface area contributed by atoms with Gasteiger partial charge in [0, 0.05) is 25.8 Å². The molecule has 0 aliphatic carbocycles. The molecule has 2 heterocycles. The molecule has 2 rings (SSSR count). The number of likely N-dealkylation sites (tertiary alicyclic amines) is 1. The summed E-state index contributed by atoms with van der Waals surface area (Å²) in [5.74, 6) is -0.338. The first-order valence-corrected chi connectivity index (χ1v) is 7.83. The summed E-state index contributed by atoms with van der Waals surface area (Å²) in [6.45, 7) is 6.46. The van der Waals surface area contributed by atoms with E-state index in [0.29, 0.717) is 18.5 Å². The van der Waals surface area contributed by atoms with E-state index in [1.807, 2.05) is 6.07 Å². The molecule has 1 aromatic heterocycles. The summed E-state index contributed by atoms with van der Waals surface area (Å²) in [6.07, 6.45) is 3.83. The third kappa shape index (κ3) is 3.37. The summed E-state index contributed by atoms with van der Waals surface area (Å²) in [5.41, 5.74) is 0.449. The van der Waals surface area contributed by atoms with Gasteiger partial charge in [0.25, 0.3) is 5.91 Å². The molecule has 22 heavy (non-hydrogen) atoms. The van der Waals surface area contributed by atoms with Gasteiger partial charge in [-0.2, -0.15) is 0 Å². The number of carboxylic acids is 1. The predicted octanol–water partition coefficient (Wildman–Crippen LogP) is 2.01. The van der Waals surface area contributed by atoms with Crippen LogP contribution < -0.4 is 4.90 Å². The molecule has 6 heteroatoms. The molecule has 0 aromatic carbocycles. The first kappa shape index (κ1) is 16.3. The van der Waals surface area contributed by atoms with Crippen molar-refractivity contribution in [3.05, 3.63) is 23.9 Å². The Bertz CT molecular complexity index is 530. The van der Waals surface area contributed by atoms with E-state index >= 15 is 0 Å². The van der Waals surface area contributed by atoms with E-state index in [1.165, 1.54) is 4.90 Å². The average Bonchev–Trinajstić information content (AvgIpc) is 3.02. The monoisotopic (exact) mass is 305 g/mol. The van der Waals surface area contributed by atoms with Gasteiger partial charge in [0.2, 0.25) is 0 Å². The highest BCUT2D eigenvalue weighted by Gasteiger charge is 2.34. The van der Waals surface area contributed by atoms with Gasteiger partial charge in [0.15, 0.2) is 0 Å². The maximum absolute atomic E-state index is 12.4. The van der Waals surface area contributed by atoms with Gasteiger partial charge in [-0.15, -0.1) is 0 Å². The molecule has 1 amide bonds. The smallest absolute Gasteiger partial charge is 0.326 e. The van der Waals surface area contributed by atoms with Gasteiger partial charge in [0.1, 0.15) is 11.9 Å². The SMILES string of the molecule is CCCN(CC)c1ccc(C(=O)N2CCCC2C(=O)O)cn1. The Balaban J connectivity index is 2.12. The van der Waals surface area contributed by atoms with Gasteiger partial charge < -0.3 is 14.9 Å². The lowest BCUT2D eigenvalue weighted by Gasteiger charge is -2.23. The zero-order valence-electron chi connectivity index (χ0n) is 13.2. The highest BCUT2D eigenvalue weighted by atomic mass is 16.4. The maximum Gasteiger partial charge on any atom is 0.326 e. The first-order chi connectivity index (χ1) is 10.6. The molecule has 0 radical (unpaired) electrons. The number of aliphatic carboxylic acids is 1. The largest absolute Gasteiger partial charge is 0.480 e. The molecule has 0 saturated carbocycles. The van der Waals surface area contributed by atoms with E-state index in [9.17, 15) is 14.7 Å². The van der Waals surface area contributed by atoms with Gasteiger partial charge in [-0.3, -0.25) is 4.79 Å². The number of amides is 1. The van der Waals surface area contributed by atoms with Crippen molar-refractivity contribution in [3.63, 3.8) is 0 Å². The predicted molar refractivity (Wildman–Crippen MR) is 84.1 cm³/mol. The number of rotatable bonds is 6. The van der Waals surface area contributed by atoms with Crippen molar-refractivity contribution in [2.24, 2.45) is 0 Å². The van der Waals surface area contributed by atoms with E-state index in [-0.39, 0.29) is 5.91 Å². The number of pyridine rings is 1. The van der Waals surface area contributed by atoms with E-state index in [2.05, 4.69) is 23.7 Å². The Kier molecular flexibility index (Phi) is 5.35. The summed E-state index contributed by atoms with van der Waals surface area (Å²) in [5, 5.41) is 9.17. The van der Waals surface area contributed by atoms with Crippen LogP contribution in [0, 0.1) is 0 Å². The van der Waals surface area contributed by atoms with Crippen molar-refractivity contribution < 1.29 is 14.7 Å². The van der Waals surface area contributed by atoms with Crippen molar-refractivity contribution >= 4 is 17.7 Å². The molecular formula is C16H23N3O3. The molecule has 0 spiro atoms. The second-order valence-corrected chi connectivity index (χ2v) is 5.48. The van der Waals surface area contributed by atoms with Crippen LogP contribution >= 0.6 is 0 Å². The van der Waals surface area contributed by atoms with Crippen LogP contribution in [0.3, 0.4) is 0 Å². The van der Waals surface area contributed by atoms with Crippen LogP contribution in [-0.2, 0) is 4.79 Å². The quantitative estimate of drug-likeness (QED) is 0.870. The molecule has 1 unspecified atom stereocenters. The zero-order valence-corrected chi connectivity index (χ0v) is 13.2. The minimum absolute atomic E-state index is 0.248. The zero-order chi connectivity index (χ0) is 16.1. The van der Waals surface area contributed by atoms with E-state index in [1.54, 1.807) is 12.3 Å². The number of anilines is 1.